The van der Waals surface area contributed by atoms with Gasteiger partial charge in [-0.1, -0.05) is 12.1 Å². The lowest BCUT2D eigenvalue weighted by Crippen LogP contribution is -2.29. The summed E-state index contributed by atoms with van der Waals surface area (Å²) in [5.41, 5.74) is 2.28. The maximum Gasteiger partial charge on any atom is 0.297 e. The smallest absolute Gasteiger partial charge is 0.297 e. The summed E-state index contributed by atoms with van der Waals surface area (Å²) in [5, 5.41) is 7.09. The molecular formula is C25H26N4O5S. The van der Waals surface area contributed by atoms with Gasteiger partial charge in [-0.25, -0.2) is 4.98 Å². The van der Waals surface area contributed by atoms with Crippen molar-refractivity contribution >= 4 is 50.2 Å². The van der Waals surface area contributed by atoms with Gasteiger partial charge in [0, 0.05) is 30.5 Å². The van der Waals surface area contributed by atoms with E-state index in [1.54, 1.807) is 13.2 Å². The number of hydrogen-bond donors (Lipinski definition) is 2. The van der Waals surface area contributed by atoms with Crippen LogP contribution in [-0.2, 0) is 28.9 Å². The van der Waals surface area contributed by atoms with Crippen LogP contribution in [0.1, 0.15) is 40.1 Å². The van der Waals surface area contributed by atoms with Crippen molar-refractivity contribution in [3.8, 4) is 0 Å². The minimum absolute atomic E-state index is 0.115. The molecule has 4 aromatic rings. The third kappa shape index (κ3) is 4.59. The van der Waals surface area contributed by atoms with Crippen molar-refractivity contribution < 1.29 is 18.7 Å². The van der Waals surface area contributed by atoms with Crippen molar-refractivity contribution in [3.63, 3.8) is 0 Å². The molecule has 3 aromatic heterocycles. The van der Waals surface area contributed by atoms with E-state index in [1.807, 2.05) is 18.2 Å². The number of amides is 2. The van der Waals surface area contributed by atoms with Crippen LogP contribution in [0, 0.1) is 0 Å². The van der Waals surface area contributed by atoms with Gasteiger partial charge in [-0.05, 0) is 49.8 Å². The number of benzene rings is 1. The lowest BCUT2D eigenvalue weighted by Gasteiger charge is -2.13. The summed E-state index contributed by atoms with van der Waals surface area (Å²) in [6.07, 6.45) is 5.85. The number of fused-ring (bicyclic) bond motifs is 4. The average Bonchev–Trinajstić information content (AvgIpc) is 3.42. The highest BCUT2D eigenvalue weighted by Crippen LogP contribution is 2.38. The number of nitrogens with one attached hydrogen (secondary N) is 2. The van der Waals surface area contributed by atoms with Gasteiger partial charge in [0.05, 0.1) is 11.9 Å². The normalized spacial score (nSPS) is 13.2. The largest absolute Gasteiger partial charge is 0.448 e. The Kier molecular flexibility index (Phi) is 6.65. The second-order valence-corrected chi connectivity index (χ2v) is 9.62. The molecule has 3 heterocycles. The molecule has 10 heteroatoms. The predicted molar refractivity (Wildman–Crippen MR) is 134 cm³/mol. The number of rotatable bonds is 8. The highest BCUT2D eigenvalue weighted by Gasteiger charge is 2.26. The summed E-state index contributed by atoms with van der Waals surface area (Å²) in [4.78, 5) is 44.4. The minimum Gasteiger partial charge on any atom is -0.448 e. The molecule has 5 rings (SSSR count). The fourth-order valence-electron chi connectivity index (χ4n) is 4.45. The summed E-state index contributed by atoms with van der Waals surface area (Å²) in [5.74, 6) is -0.602. The number of anilines is 1. The van der Waals surface area contributed by atoms with Crippen molar-refractivity contribution in [1.29, 1.82) is 0 Å². The van der Waals surface area contributed by atoms with Crippen LogP contribution in [0.3, 0.4) is 0 Å². The molecule has 2 amide bonds. The molecule has 9 nitrogen and oxygen atoms in total. The third-order valence-corrected chi connectivity index (χ3v) is 7.33. The van der Waals surface area contributed by atoms with E-state index in [9.17, 15) is 14.4 Å². The molecule has 0 saturated heterocycles. The van der Waals surface area contributed by atoms with Gasteiger partial charge in [-0.2, -0.15) is 0 Å². The Hall–Kier alpha value is -3.50. The van der Waals surface area contributed by atoms with Gasteiger partial charge >= 0.3 is 0 Å². The topological polar surface area (TPSA) is 115 Å². The number of hydrogen-bond acceptors (Lipinski definition) is 7. The second-order valence-electron chi connectivity index (χ2n) is 8.52. The summed E-state index contributed by atoms with van der Waals surface area (Å²) >= 11 is 1.44. The summed E-state index contributed by atoms with van der Waals surface area (Å²) in [6, 6.07) is 7.28. The van der Waals surface area contributed by atoms with Crippen molar-refractivity contribution in [1.82, 2.24) is 14.9 Å². The molecule has 0 atom stereocenters. The zero-order valence-electron chi connectivity index (χ0n) is 19.4. The molecule has 0 bridgehead atoms. The van der Waals surface area contributed by atoms with Crippen LogP contribution in [0.5, 0.6) is 0 Å². The zero-order chi connectivity index (χ0) is 24.4. The molecule has 182 valence electrons. The quantitative estimate of drug-likeness (QED) is 0.362. The number of aromatic nitrogens is 2. The fourth-order valence-corrected chi connectivity index (χ4v) is 5.75. The molecule has 0 fully saturated rings. The fraction of sp³-hybridized carbons (Fsp3) is 0.360. The van der Waals surface area contributed by atoms with E-state index in [1.165, 1.54) is 22.2 Å². The van der Waals surface area contributed by atoms with Gasteiger partial charge in [0.15, 0.2) is 0 Å². The Balaban J connectivity index is 1.38. The van der Waals surface area contributed by atoms with Crippen LogP contribution in [0.25, 0.3) is 22.1 Å². The first-order valence-corrected chi connectivity index (χ1v) is 12.5. The van der Waals surface area contributed by atoms with Gasteiger partial charge in [-0.15, -0.1) is 11.3 Å². The Morgan fingerprint density at radius 1 is 1.23 bits per heavy atom. The van der Waals surface area contributed by atoms with E-state index in [0.717, 1.165) is 41.5 Å². The first kappa shape index (κ1) is 23.3. The summed E-state index contributed by atoms with van der Waals surface area (Å²) in [7, 11) is 1.62. The molecule has 35 heavy (non-hydrogen) atoms. The monoisotopic (exact) mass is 494 g/mol. The van der Waals surface area contributed by atoms with Gasteiger partial charge < -0.3 is 19.8 Å². The Labute approximate surface area is 205 Å². The molecule has 0 spiro atoms. The molecular weight excluding hydrogens is 468 g/mol. The minimum atomic E-state index is -0.428. The Bertz CT molecular complexity index is 1470. The maximum atomic E-state index is 13.0. The van der Waals surface area contributed by atoms with Crippen LogP contribution < -0.4 is 16.2 Å². The highest BCUT2D eigenvalue weighted by atomic mass is 32.1. The van der Waals surface area contributed by atoms with E-state index in [0.29, 0.717) is 41.2 Å². The Morgan fingerprint density at radius 3 is 2.91 bits per heavy atom. The van der Waals surface area contributed by atoms with E-state index >= 15 is 0 Å². The number of methoxy groups -OCH3 is 1. The number of nitrogens with zero attached hydrogens (tertiary/aromatic N) is 2. The van der Waals surface area contributed by atoms with Crippen molar-refractivity contribution in [2.24, 2.45) is 0 Å². The molecule has 1 aliphatic rings. The maximum absolute atomic E-state index is 13.0. The van der Waals surface area contributed by atoms with Crippen molar-refractivity contribution in [2.75, 3.05) is 25.6 Å². The predicted octanol–water partition coefficient (Wildman–Crippen LogP) is 3.49. The van der Waals surface area contributed by atoms with E-state index in [-0.39, 0.29) is 18.0 Å². The molecule has 0 saturated carbocycles. The molecule has 0 aliphatic heterocycles. The van der Waals surface area contributed by atoms with Gasteiger partial charge in [0.2, 0.25) is 11.5 Å². The first-order chi connectivity index (χ1) is 17.1. The SMILES string of the molecule is COCCCNC(=O)c1c(NC(=O)Cn2cnc3c(oc4ccccc43)c2=O)sc2c1CCCC2. The van der Waals surface area contributed by atoms with Gasteiger partial charge in [0.25, 0.3) is 11.5 Å². The number of thiophene rings is 1. The van der Waals surface area contributed by atoms with Crippen LogP contribution >= 0.6 is 11.3 Å². The van der Waals surface area contributed by atoms with Crippen LogP contribution in [0.4, 0.5) is 5.00 Å². The Morgan fingerprint density at radius 2 is 2.06 bits per heavy atom. The molecule has 1 aromatic carbocycles. The lowest BCUT2D eigenvalue weighted by atomic mass is 9.95. The van der Waals surface area contributed by atoms with Crippen LogP contribution in [0.2, 0.25) is 0 Å². The standard InChI is InChI=1S/C25H26N4O5S/c1-33-12-6-11-26-23(31)20-16-8-3-5-10-18(16)35-24(20)28-19(30)13-29-14-27-21-15-7-2-4-9-17(15)34-22(21)25(29)32/h2,4,7,9,14H,3,5-6,8,10-13H2,1H3,(H,26,31)(H,28,30). The van der Waals surface area contributed by atoms with Gasteiger partial charge in [-0.3, -0.25) is 19.0 Å². The summed E-state index contributed by atoms with van der Waals surface area (Å²) < 4.78 is 12.0. The zero-order valence-corrected chi connectivity index (χ0v) is 20.2. The van der Waals surface area contributed by atoms with Crippen molar-refractivity contribution in [3.05, 3.63) is 57.0 Å². The number of furan rings is 1. The number of carbonyl (C=O) groups excluding carboxylic acids is 2. The van der Waals surface area contributed by atoms with Crippen LogP contribution in [0.15, 0.2) is 39.8 Å². The molecule has 1 aliphatic carbocycles. The second kappa shape index (κ2) is 10.0. The number of para-hydroxylation sites is 1. The third-order valence-electron chi connectivity index (χ3n) is 6.13. The molecule has 0 radical (unpaired) electrons. The van der Waals surface area contributed by atoms with Gasteiger partial charge in [0.1, 0.15) is 22.6 Å². The lowest BCUT2D eigenvalue weighted by molar-refractivity contribution is -0.116. The van der Waals surface area contributed by atoms with Crippen molar-refractivity contribution in [2.45, 2.75) is 38.6 Å². The highest BCUT2D eigenvalue weighted by molar-refractivity contribution is 7.17. The molecule has 2 N–H and O–H groups in total. The average molecular weight is 495 g/mol. The first-order valence-electron chi connectivity index (χ1n) is 11.6. The van der Waals surface area contributed by atoms with E-state index < -0.39 is 11.5 Å². The number of ether oxygens (including phenoxy) is 1. The summed E-state index contributed by atoms with van der Waals surface area (Å²) in [6.45, 7) is 0.809. The van der Waals surface area contributed by atoms with Crippen LogP contribution in [-0.4, -0.2) is 41.6 Å². The molecule has 0 unspecified atom stereocenters. The van der Waals surface area contributed by atoms with E-state index in [2.05, 4.69) is 15.6 Å². The number of carbonyl (C=O) groups is 2. The van der Waals surface area contributed by atoms with E-state index in [4.69, 9.17) is 9.15 Å². The number of aryl methyl sites for hydroxylation is 1.